The number of nitriles is 1. The third-order valence-electron chi connectivity index (χ3n) is 1.55. The Morgan fingerprint density at radius 1 is 1.62 bits per heavy atom. The molecule has 0 aliphatic heterocycles. The van der Waals surface area contributed by atoms with Crippen molar-refractivity contribution in [3.8, 4) is 6.07 Å². The van der Waals surface area contributed by atoms with Gasteiger partial charge in [0, 0.05) is 0 Å². The molecule has 0 spiro atoms. The van der Waals surface area contributed by atoms with Gasteiger partial charge in [-0.3, -0.25) is 4.84 Å². The van der Waals surface area contributed by atoms with Crippen LogP contribution in [0, 0.1) is 11.3 Å². The number of anilines is 1. The lowest BCUT2D eigenvalue weighted by molar-refractivity contribution is -0.00309. The molecular formula is C10H12ClN3O2. The highest BCUT2D eigenvalue weighted by Gasteiger charge is 2.13. The number of rotatable bonds is 4. The average Bonchev–Trinajstić information content (AvgIpc) is 2.19. The van der Waals surface area contributed by atoms with Crippen molar-refractivity contribution >= 4 is 17.4 Å². The highest BCUT2D eigenvalue weighted by molar-refractivity contribution is 6.32. The van der Waals surface area contributed by atoms with Crippen LogP contribution < -0.4 is 5.48 Å². The van der Waals surface area contributed by atoms with Gasteiger partial charge in [-0.1, -0.05) is 11.6 Å². The molecule has 2 N–H and O–H groups in total. The van der Waals surface area contributed by atoms with Crippen LogP contribution in [0.15, 0.2) is 12.1 Å². The highest BCUT2D eigenvalue weighted by Crippen LogP contribution is 2.19. The molecular weight excluding hydrogens is 230 g/mol. The molecule has 0 fully saturated rings. The van der Waals surface area contributed by atoms with Gasteiger partial charge in [0.25, 0.3) is 0 Å². The number of nitrogens with one attached hydrogen (secondary N) is 1. The summed E-state index contributed by atoms with van der Waals surface area (Å²) >= 11 is 5.83. The summed E-state index contributed by atoms with van der Waals surface area (Å²) in [7, 11) is 0. The van der Waals surface area contributed by atoms with E-state index >= 15 is 0 Å². The van der Waals surface area contributed by atoms with E-state index < -0.39 is 5.60 Å². The summed E-state index contributed by atoms with van der Waals surface area (Å²) < 4.78 is 0. The van der Waals surface area contributed by atoms with Gasteiger partial charge in [0.1, 0.15) is 18.4 Å². The van der Waals surface area contributed by atoms with Crippen LogP contribution in [0.4, 0.5) is 5.82 Å². The van der Waals surface area contributed by atoms with Gasteiger partial charge in [0.2, 0.25) is 0 Å². The second kappa shape index (κ2) is 5.12. The maximum absolute atomic E-state index is 9.39. The molecule has 0 saturated carbocycles. The summed E-state index contributed by atoms with van der Waals surface area (Å²) in [5, 5.41) is 18.4. The quantitative estimate of drug-likeness (QED) is 0.785. The first-order valence-electron chi connectivity index (χ1n) is 4.59. The minimum absolute atomic E-state index is 0.0712. The second-order valence-electron chi connectivity index (χ2n) is 3.84. The predicted octanol–water partition coefficient (Wildman–Crippen LogP) is 1.72. The molecule has 0 amide bonds. The normalized spacial score (nSPS) is 10.9. The topological polar surface area (TPSA) is 78.2 Å². The Kier molecular flexibility index (Phi) is 4.07. The maximum Gasteiger partial charge on any atom is 0.170 e. The molecule has 0 aromatic carbocycles. The van der Waals surface area contributed by atoms with E-state index in [0.717, 1.165) is 0 Å². The first kappa shape index (κ1) is 12.7. The van der Waals surface area contributed by atoms with E-state index in [4.69, 9.17) is 21.7 Å². The lowest BCUT2D eigenvalue weighted by atomic mass is 10.2. The summed E-state index contributed by atoms with van der Waals surface area (Å²) in [6, 6.07) is 4.93. The van der Waals surface area contributed by atoms with Gasteiger partial charge in [0.15, 0.2) is 5.82 Å². The molecule has 16 heavy (non-hydrogen) atoms. The van der Waals surface area contributed by atoms with Gasteiger partial charge in [0.05, 0.1) is 10.6 Å². The fraction of sp³-hybridized carbons (Fsp3) is 0.400. The molecule has 0 aliphatic carbocycles. The summed E-state index contributed by atoms with van der Waals surface area (Å²) in [4.78, 5) is 8.91. The van der Waals surface area contributed by atoms with Crippen molar-refractivity contribution in [2.75, 3.05) is 12.1 Å². The van der Waals surface area contributed by atoms with Crippen molar-refractivity contribution in [2.45, 2.75) is 19.4 Å². The molecule has 1 aromatic heterocycles. The van der Waals surface area contributed by atoms with Crippen LogP contribution in [0.25, 0.3) is 0 Å². The van der Waals surface area contributed by atoms with E-state index in [0.29, 0.717) is 5.02 Å². The second-order valence-corrected chi connectivity index (χ2v) is 4.25. The Morgan fingerprint density at radius 3 is 2.88 bits per heavy atom. The summed E-state index contributed by atoms with van der Waals surface area (Å²) in [5.41, 5.74) is 1.77. The van der Waals surface area contributed by atoms with Crippen molar-refractivity contribution in [2.24, 2.45) is 0 Å². The largest absolute Gasteiger partial charge is 0.388 e. The van der Waals surface area contributed by atoms with Crippen molar-refractivity contribution in [1.82, 2.24) is 4.98 Å². The van der Waals surface area contributed by atoms with E-state index in [1.165, 1.54) is 6.07 Å². The Morgan fingerprint density at radius 2 is 2.31 bits per heavy atom. The Balaban J connectivity index is 2.64. The minimum Gasteiger partial charge on any atom is -0.388 e. The minimum atomic E-state index is -0.952. The van der Waals surface area contributed by atoms with Crippen LogP contribution in [-0.4, -0.2) is 22.3 Å². The summed E-state index contributed by atoms with van der Waals surface area (Å²) in [6.45, 7) is 3.28. The van der Waals surface area contributed by atoms with Gasteiger partial charge in [-0.2, -0.15) is 5.26 Å². The summed E-state index contributed by atoms with van der Waals surface area (Å²) in [5.74, 6) is 0.255. The van der Waals surface area contributed by atoms with Gasteiger partial charge in [-0.25, -0.2) is 10.5 Å². The first-order chi connectivity index (χ1) is 7.42. The van der Waals surface area contributed by atoms with Crippen molar-refractivity contribution in [3.05, 3.63) is 22.8 Å². The van der Waals surface area contributed by atoms with Crippen LogP contribution in [0.5, 0.6) is 0 Å². The smallest absolute Gasteiger partial charge is 0.170 e. The van der Waals surface area contributed by atoms with E-state index in [2.05, 4.69) is 10.5 Å². The zero-order chi connectivity index (χ0) is 12.2. The molecule has 0 bridgehead atoms. The molecule has 0 unspecified atom stereocenters. The summed E-state index contributed by atoms with van der Waals surface area (Å²) in [6.07, 6.45) is 0. The third-order valence-corrected chi connectivity index (χ3v) is 1.86. The van der Waals surface area contributed by atoms with Crippen LogP contribution in [-0.2, 0) is 4.84 Å². The number of pyridine rings is 1. The molecule has 0 saturated heterocycles. The van der Waals surface area contributed by atoms with Crippen molar-refractivity contribution < 1.29 is 9.94 Å². The van der Waals surface area contributed by atoms with Crippen LogP contribution in [0.2, 0.25) is 5.02 Å². The van der Waals surface area contributed by atoms with Gasteiger partial charge in [-0.15, -0.1) is 0 Å². The Bertz CT molecular complexity index is 410. The van der Waals surface area contributed by atoms with Crippen LogP contribution >= 0.6 is 11.6 Å². The predicted molar refractivity (Wildman–Crippen MR) is 59.8 cm³/mol. The molecule has 86 valence electrons. The standard InChI is InChI=1S/C10H12ClN3O2/c1-10(2,15)6-16-14-9-8(11)4-3-7(5-12)13-9/h3-4,15H,6H2,1-2H3,(H,13,14). The number of hydrogen-bond acceptors (Lipinski definition) is 5. The zero-order valence-corrected chi connectivity index (χ0v) is 9.75. The molecule has 1 aromatic rings. The van der Waals surface area contributed by atoms with E-state index in [1.54, 1.807) is 19.9 Å². The van der Waals surface area contributed by atoms with Gasteiger partial charge >= 0.3 is 0 Å². The lowest BCUT2D eigenvalue weighted by Gasteiger charge is -2.17. The van der Waals surface area contributed by atoms with Crippen molar-refractivity contribution in [3.63, 3.8) is 0 Å². The fourth-order valence-electron chi connectivity index (χ4n) is 0.857. The Hall–Kier alpha value is -1.35. The molecule has 0 atom stereocenters. The molecule has 5 nitrogen and oxygen atoms in total. The first-order valence-corrected chi connectivity index (χ1v) is 4.97. The zero-order valence-electron chi connectivity index (χ0n) is 8.99. The SMILES string of the molecule is CC(C)(O)CONc1nc(C#N)ccc1Cl. The van der Waals surface area contributed by atoms with Crippen LogP contribution in [0.1, 0.15) is 19.5 Å². The lowest BCUT2D eigenvalue weighted by Crippen LogP contribution is -2.27. The monoisotopic (exact) mass is 241 g/mol. The highest BCUT2D eigenvalue weighted by atomic mass is 35.5. The number of aliphatic hydroxyl groups is 1. The molecule has 1 heterocycles. The van der Waals surface area contributed by atoms with E-state index in [9.17, 15) is 5.11 Å². The molecule has 6 heteroatoms. The number of aromatic nitrogens is 1. The van der Waals surface area contributed by atoms with Crippen molar-refractivity contribution in [1.29, 1.82) is 5.26 Å². The van der Waals surface area contributed by atoms with Gasteiger partial charge in [-0.05, 0) is 26.0 Å². The molecule has 0 aliphatic rings. The number of halogens is 1. The van der Waals surface area contributed by atoms with Gasteiger partial charge < -0.3 is 5.11 Å². The fourth-order valence-corrected chi connectivity index (χ4v) is 1.00. The Labute approximate surface area is 98.6 Å². The average molecular weight is 242 g/mol. The van der Waals surface area contributed by atoms with E-state index in [1.807, 2.05) is 6.07 Å². The third kappa shape index (κ3) is 4.03. The van der Waals surface area contributed by atoms with E-state index in [-0.39, 0.29) is 18.1 Å². The van der Waals surface area contributed by atoms with Crippen LogP contribution in [0.3, 0.4) is 0 Å². The maximum atomic E-state index is 9.39. The molecule has 1 rings (SSSR count). The number of hydrogen-bond donors (Lipinski definition) is 2. The molecule has 0 radical (unpaired) electrons. The number of nitrogens with zero attached hydrogens (tertiary/aromatic N) is 2.